The summed E-state index contributed by atoms with van der Waals surface area (Å²) >= 11 is 3.70. The number of halogens is 1. The number of anilines is 1. The second kappa shape index (κ2) is 8.63. The fourth-order valence-corrected chi connectivity index (χ4v) is 4.89. The quantitative estimate of drug-likeness (QED) is 0.360. The van der Waals surface area contributed by atoms with Crippen LogP contribution < -0.4 is 10.6 Å². The van der Waals surface area contributed by atoms with Gasteiger partial charge in [0.1, 0.15) is 11.3 Å². The number of nitrogens with zero attached hydrogens (tertiary/aromatic N) is 5. The molecule has 0 spiro atoms. The Morgan fingerprint density at radius 3 is 2.58 bits per heavy atom. The predicted octanol–water partition coefficient (Wildman–Crippen LogP) is 5.66. The van der Waals surface area contributed by atoms with E-state index in [-0.39, 0.29) is 5.69 Å². The van der Waals surface area contributed by atoms with E-state index in [0.29, 0.717) is 23.9 Å². The summed E-state index contributed by atoms with van der Waals surface area (Å²) in [6, 6.07) is 16.4. The van der Waals surface area contributed by atoms with Crippen LogP contribution in [0.1, 0.15) is 43.1 Å². The minimum Gasteiger partial charge on any atom is -0.331 e. The molecular formula is C26H26BrN5O. The van der Waals surface area contributed by atoms with Crippen molar-refractivity contribution in [2.45, 2.75) is 39.7 Å². The largest absolute Gasteiger partial charge is 0.335 e. The normalized spacial score (nSPS) is 13.9. The lowest BCUT2D eigenvalue weighted by molar-refractivity contribution is 0.645. The zero-order valence-corrected chi connectivity index (χ0v) is 20.6. The lowest BCUT2D eigenvalue weighted by atomic mass is 10.0. The number of aryl methyl sites for hydroxylation is 2. The minimum atomic E-state index is -0.0852. The first kappa shape index (κ1) is 21.6. The van der Waals surface area contributed by atoms with Crippen LogP contribution in [0.25, 0.3) is 22.9 Å². The highest BCUT2D eigenvalue weighted by molar-refractivity contribution is 9.10. The van der Waals surface area contributed by atoms with Gasteiger partial charge in [0.05, 0.1) is 5.69 Å². The molecule has 5 rings (SSSR count). The van der Waals surface area contributed by atoms with Crippen molar-refractivity contribution >= 4 is 39.0 Å². The van der Waals surface area contributed by atoms with Gasteiger partial charge in [-0.1, -0.05) is 50.2 Å². The molecule has 4 aromatic rings. The van der Waals surface area contributed by atoms with Crippen molar-refractivity contribution in [2.24, 2.45) is 0 Å². The highest BCUT2D eigenvalue weighted by atomic mass is 79.9. The maximum absolute atomic E-state index is 13.6. The van der Waals surface area contributed by atoms with Crippen LogP contribution in [0.2, 0.25) is 0 Å². The van der Waals surface area contributed by atoms with Crippen molar-refractivity contribution in [2.75, 3.05) is 11.4 Å². The van der Waals surface area contributed by atoms with Gasteiger partial charge >= 0.3 is 5.69 Å². The first-order valence-corrected chi connectivity index (χ1v) is 12.0. The molecule has 0 saturated heterocycles. The maximum Gasteiger partial charge on any atom is 0.335 e. The Hall–Kier alpha value is -3.19. The van der Waals surface area contributed by atoms with Crippen molar-refractivity contribution in [1.29, 1.82) is 0 Å². The van der Waals surface area contributed by atoms with Crippen LogP contribution in [-0.4, -0.2) is 25.6 Å². The first-order valence-electron chi connectivity index (χ1n) is 11.2. The third-order valence-corrected chi connectivity index (χ3v) is 6.68. The average molecular weight is 504 g/mol. The molecule has 0 saturated carbocycles. The molecule has 33 heavy (non-hydrogen) atoms. The van der Waals surface area contributed by atoms with Gasteiger partial charge < -0.3 is 4.90 Å². The van der Waals surface area contributed by atoms with Crippen LogP contribution in [0.3, 0.4) is 0 Å². The van der Waals surface area contributed by atoms with E-state index in [2.05, 4.69) is 71.2 Å². The summed E-state index contributed by atoms with van der Waals surface area (Å²) in [5, 5.41) is 0. The summed E-state index contributed by atoms with van der Waals surface area (Å²) in [5.74, 6) is 1.81. The van der Waals surface area contributed by atoms with Crippen LogP contribution in [-0.2, 0) is 6.54 Å². The molecule has 0 radical (unpaired) electrons. The van der Waals surface area contributed by atoms with Crippen molar-refractivity contribution in [1.82, 2.24) is 19.1 Å². The van der Waals surface area contributed by atoms with E-state index >= 15 is 0 Å². The smallest absolute Gasteiger partial charge is 0.331 e. The molecule has 2 aromatic carbocycles. The highest BCUT2D eigenvalue weighted by Gasteiger charge is 2.26. The standard InChI is InChI=1S/C26H26BrN5O/c1-17(2)20-10-11-22(21(27)16-20)32-25-23-24(28-18(3)29-25)30(13-7-14-31(23)26(32)33)15-12-19-8-5-4-6-9-19/h4-6,8-12,15-17H,7,13-14H2,1-3H3. The van der Waals surface area contributed by atoms with Crippen LogP contribution in [0.5, 0.6) is 0 Å². The van der Waals surface area contributed by atoms with Gasteiger partial charge in [-0.05, 0) is 64.5 Å². The molecule has 0 aliphatic carbocycles. The van der Waals surface area contributed by atoms with E-state index in [0.717, 1.165) is 40.0 Å². The first-order chi connectivity index (χ1) is 15.9. The van der Waals surface area contributed by atoms with Crippen LogP contribution in [0.4, 0.5) is 5.82 Å². The molecule has 6 nitrogen and oxygen atoms in total. The summed E-state index contributed by atoms with van der Waals surface area (Å²) in [6.07, 6.45) is 4.97. The Balaban J connectivity index is 1.70. The summed E-state index contributed by atoms with van der Waals surface area (Å²) in [7, 11) is 0. The van der Waals surface area contributed by atoms with Crippen molar-refractivity contribution in [3.63, 3.8) is 0 Å². The van der Waals surface area contributed by atoms with Crippen LogP contribution >= 0.6 is 15.9 Å². The Labute approximate surface area is 201 Å². The molecule has 2 aromatic heterocycles. The summed E-state index contributed by atoms with van der Waals surface area (Å²) in [5.41, 5.74) is 4.46. The van der Waals surface area contributed by atoms with Gasteiger partial charge in [0.15, 0.2) is 11.5 Å². The molecule has 3 heterocycles. The Kier molecular flexibility index (Phi) is 5.66. The van der Waals surface area contributed by atoms with E-state index in [1.165, 1.54) is 5.56 Å². The van der Waals surface area contributed by atoms with Gasteiger partial charge in [0.2, 0.25) is 0 Å². The number of imidazole rings is 1. The van der Waals surface area contributed by atoms with E-state index < -0.39 is 0 Å². The minimum absolute atomic E-state index is 0.0852. The predicted molar refractivity (Wildman–Crippen MR) is 137 cm³/mol. The molecule has 1 aliphatic rings. The van der Waals surface area contributed by atoms with E-state index in [1.54, 1.807) is 4.57 Å². The lowest BCUT2D eigenvalue weighted by Gasteiger charge is -2.18. The van der Waals surface area contributed by atoms with Gasteiger partial charge in [-0.3, -0.25) is 4.57 Å². The Bertz CT molecular complexity index is 1420. The second-order valence-electron chi connectivity index (χ2n) is 8.68. The molecule has 168 valence electrons. The van der Waals surface area contributed by atoms with Crippen LogP contribution in [0.15, 0.2) is 64.0 Å². The molecule has 0 atom stereocenters. The van der Waals surface area contributed by atoms with E-state index in [4.69, 9.17) is 9.97 Å². The lowest BCUT2D eigenvalue weighted by Crippen LogP contribution is -2.24. The maximum atomic E-state index is 13.6. The SMILES string of the molecule is Cc1nc2c3c(n1)n(-c1ccc(C(C)C)cc1Br)c(=O)n3CCCN2C=Cc1ccccc1. The zero-order chi connectivity index (χ0) is 23.1. The van der Waals surface area contributed by atoms with Crippen molar-refractivity contribution in [3.8, 4) is 5.69 Å². The number of aromatic nitrogens is 4. The number of hydrogen-bond donors (Lipinski definition) is 0. The van der Waals surface area contributed by atoms with Crippen molar-refractivity contribution < 1.29 is 0 Å². The fourth-order valence-electron chi connectivity index (χ4n) is 4.32. The molecule has 1 aliphatic heterocycles. The third-order valence-electron chi connectivity index (χ3n) is 6.04. The summed E-state index contributed by atoms with van der Waals surface area (Å²) in [6.45, 7) is 7.60. The van der Waals surface area contributed by atoms with Gasteiger partial charge in [-0.2, -0.15) is 0 Å². The molecule has 0 bridgehead atoms. The highest BCUT2D eigenvalue weighted by Crippen LogP contribution is 2.31. The molecule has 0 unspecified atom stereocenters. The summed E-state index contributed by atoms with van der Waals surface area (Å²) < 4.78 is 4.42. The monoisotopic (exact) mass is 503 g/mol. The molecule has 0 amide bonds. The topological polar surface area (TPSA) is 56.0 Å². The van der Waals surface area contributed by atoms with Gasteiger partial charge in [0.25, 0.3) is 0 Å². The Morgan fingerprint density at radius 2 is 1.85 bits per heavy atom. The molecular weight excluding hydrogens is 478 g/mol. The molecule has 7 heteroatoms. The van der Waals surface area contributed by atoms with E-state index in [1.807, 2.05) is 35.8 Å². The van der Waals surface area contributed by atoms with Gasteiger partial charge in [-0.25, -0.2) is 19.3 Å². The van der Waals surface area contributed by atoms with E-state index in [9.17, 15) is 4.79 Å². The average Bonchev–Trinajstić information content (AvgIpc) is 2.94. The number of hydrogen-bond acceptors (Lipinski definition) is 4. The number of benzene rings is 2. The molecule has 0 fully saturated rings. The van der Waals surface area contributed by atoms with Gasteiger partial charge in [-0.15, -0.1) is 0 Å². The van der Waals surface area contributed by atoms with Crippen molar-refractivity contribution in [3.05, 3.63) is 86.6 Å². The number of rotatable bonds is 4. The fraction of sp³-hybridized carbons (Fsp3) is 0.269. The molecule has 0 N–H and O–H groups in total. The second-order valence-corrected chi connectivity index (χ2v) is 9.53. The van der Waals surface area contributed by atoms with Gasteiger partial charge in [0, 0.05) is 23.8 Å². The zero-order valence-electron chi connectivity index (χ0n) is 19.0. The third kappa shape index (κ3) is 3.91. The summed E-state index contributed by atoms with van der Waals surface area (Å²) in [4.78, 5) is 25.3. The van der Waals surface area contributed by atoms with Crippen LogP contribution in [0, 0.1) is 6.92 Å². The Morgan fingerprint density at radius 1 is 1.06 bits per heavy atom.